The number of hydrogen-bond donors (Lipinski definition) is 1. The first-order valence-corrected chi connectivity index (χ1v) is 12.9. The van der Waals surface area contributed by atoms with Crippen molar-refractivity contribution in [2.75, 3.05) is 7.11 Å². The summed E-state index contributed by atoms with van der Waals surface area (Å²) in [5, 5.41) is 4.10. The van der Waals surface area contributed by atoms with Gasteiger partial charge < -0.3 is 10.1 Å². The summed E-state index contributed by atoms with van der Waals surface area (Å²) in [6, 6.07) is 6.24. The van der Waals surface area contributed by atoms with Crippen molar-refractivity contribution in [2.45, 2.75) is 84.2 Å². The minimum atomic E-state index is -0.638. The minimum absolute atomic E-state index is 0.111. The summed E-state index contributed by atoms with van der Waals surface area (Å²) in [6.07, 6.45) is 5.25. The van der Waals surface area contributed by atoms with E-state index in [9.17, 15) is 9.59 Å². The average molecular weight is 485 g/mol. The monoisotopic (exact) mass is 484 g/mol. The summed E-state index contributed by atoms with van der Waals surface area (Å²) >= 11 is 6.84. The number of carbonyl (C=O) groups excluding carboxylic acids is 2. The second-order valence-electron chi connectivity index (χ2n) is 12.7. The molecule has 4 aliphatic carbocycles. The van der Waals surface area contributed by atoms with E-state index in [1.54, 1.807) is 0 Å². The second kappa shape index (κ2) is 7.25. The molecule has 5 nitrogen and oxygen atoms in total. The number of methoxy groups -OCH3 is 1. The molecule has 3 unspecified atom stereocenters. The molecule has 0 radical (unpaired) electrons. The van der Waals surface area contributed by atoms with Crippen molar-refractivity contribution in [1.82, 2.24) is 10.2 Å². The van der Waals surface area contributed by atoms with Crippen LogP contribution in [0.1, 0.15) is 84.3 Å². The average Bonchev–Trinajstić information content (AvgIpc) is 3.48. The Kier molecular flexibility index (Phi) is 5.06. The van der Waals surface area contributed by atoms with Crippen LogP contribution < -0.4 is 5.32 Å². The van der Waals surface area contributed by atoms with Gasteiger partial charge in [0.1, 0.15) is 0 Å². The number of ether oxygens (including phenoxy) is 1. The van der Waals surface area contributed by atoms with E-state index in [1.165, 1.54) is 19.1 Å². The van der Waals surface area contributed by atoms with E-state index < -0.39 is 11.0 Å². The van der Waals surface area contributed by atoms with Gasteiger partial charge in [-0.3, -0.25) is 9.69 Å². The lowest BCUT2D eigenvalue weighted by atomic mass is 9.38. The molecular formula is C28H37ClN2O3. The maximum absolute atomic E-state index is 13.4. The quantitative estimate of drug-likeness (QED) is 0.494. The fourth-order valence-electron chi connectivity index (χ4n) is 7.05. The summed E-state index contributed by atoms with van der Waals surface area (Å²) in [4.78, 5) is 27.4. The third-order valence-corrected chi connectivity index (χ3v) is 9.38. The van der Waals surface area contributed by atoms with Gasteiger partial charge in [0.25, 0.3) is 0 Å². The summed E-state index contributed by atoms with van der Waals surface area (Å²) in [5.74, 6) is 1.24. The summed E-state index contributed by atoms with van der Waals surface area (Å²) < 4.78 is 4.99. The molecule has 3 atom stereocenters. The molecule has 6 heteroatoms. The third-order valence-electron chi connectivity index (χ3n) is 9.06. The van der Waals surface area contributed by atoms with Gasteiger partial charge in [-0.2, -0.15) is 0 Å². The zero-order valence-electron chi connectivity index (χ0n) is 21.4. The zero-order chi connectivity index (χ0) is 24.8. The number of carbonyl (C=O) groups is 2. The Hall–Kier alpha value is -2.01. The first-order valence-electron chi connectivity index (χ1n) is 12.5. The summed E-state index contributed by atoms with van der Waals surface area (Å²) in [6.45, 7) is 13.3. The normalized spacial score (nSPS) is 36.3. The van der Waals surface area contributed by atoms with E-state index in [0.29, 0.717) is 31.1 Å². The molecule has 0 spiro atoms. The number of esters is 1. The van der Waals surface area contributed by atoms with Gasteiger partial charge in [0, 0.05) is 11.2 Å². The lowest BCUT2D eigenvalue weighted by Crippen LogP contribution is -2.78. The number of amides is 2. The Morgan fingerprint density at radius 2 is 1.88 bits per heavy atom. The Morgan fingerprint density at radius 1 is 1.24 bits per heavy atom. The molecule has 1 aliphatic heterocycles. The van der Waals surface area contributed by atoms with E-state index in [-0.39, 0.29) is 28.9 Å². The number of urea groups is 1. The fraction of sp³-hybridized carbons (Fsp3) is 0.643. The molecule has 1 aromatic rings. The lowest BCUT2D eigenvalue weighted by molar-refractivity contribution is -0.218. The van der Waals surface area contributed by atoms with Gasteiger partial charge >= 0.3 is 12.0 Å². The van der Waals surface area contributed by atoms with Crippen molar-refractivity contribution >= 4 is 23.6 Å². The highest BCUT2D eigenvalue weighted by atomic mass is 35.5. The smallest absolute Gasteiger partial charge is 0.322 e. The van der Waals surface area contributed by atoms with E-state index >= 15 is 0 Å². The standard InChI is InChI=1S/C28H37ClN2O3/c1-16(2)21-12-31(28-13-27(14-28,15-28)23(32)34-7)24(33)30-26(21,6)17-8-9-18(22(29)10-17)19-11-20(19)25(3,4)5/h8-10,12,16,19-20H,11,13-15H2,1-7H3,(H,30,33). The summed E-state index contributed by atoms with van der Waals surface area (Å²) in [7, 11) is 1.44. The van der Waals surface area contributed by atoms with E-state index in [4.69, 9.17) is 16.3 Å². The van der Waals surface area contributed by atoms with Crippen LogP contribution in [-0.4, -0.2) is 29.5 Å². The molecule has 4 saturated carbocycles. The van der Waals surface area contributed by atoms with Crippen LogP contribution in [0.3, 0.4) is 0 Å². The van der Waals surface area contributed by atoms with Gasteiger partial charge in [-0.15, -0.1) is 0 Å². The SMILES string of the molecule is COC(=O)C12CC(N3C=C(C(C)C)C(C)(c4ccc(C5CC5C(C)(C)C)c(Cl)c4)NC3=O)(C1)C2. The number of nitrogens with one attached hydrogen (secondary N) is 1. The van der Waals surface area contributed by atoms with Crippen molar-refractivity contribution in [3.05, 3.63) is 46.1 Å². The van der Waals surface area contributed by atoms with Crippen LogP contribution in [-0.2, 0) is 15.1 Å². The van der Waals surface area contributed by atoms with Crippen molar-refractivity contribution in [2.24, 2.45) is 22.7 Å². The molecule has 184 valence electrons. The number of rotatable bonds is 5. The Bertz CT molecular complexity index is 1080. The molecule has 5 aliphatic rings. The molecular weight excluding hydrogens is 448 g/mol. The number of halogens is 1. The number of nitrogens with zero attached hydrogens (tertiary/aromatic N) is 1. The highest BCUT2D eigenvalue weighted by Gasteiger charge is 2.75. The largest absolute Gasteiger partial charge is 0.469 e. The van der Waals surface area contributed by atoms with Crippen molar-refractivity contribution in [3.8, 4) is 0 Å². The first kappa shape index (κ1) is 23.7. The highest BCUT2D eigenvalue weighted by Crippen LogP contribution is 2.71. The topological polar surface area (TPSA) is 58.6 Å². The molecule has 1 aromatic carbocycles. The van der Waals surface area contributed by atoms with Crippen molar-refractivity contribution < 1.29 is 14.3 Å². The van der Waals surface area contributed by atoms with Crippen LogP contribution in [0.15, 0.2) is 30.0 Å². The Morgan fingerprint density at radius 3 is 2.38 bits per heavy atom. The predicted molar refractivity (Wildman–Crippen MR) is 133 cm³/mol. The Balaban J connectivity index is 1.43. The predicted octanol–water partition coefficient (Wildman–Crippen LogP) is 6.37. The van der Waals surface area contributed by atoms with Gasteiger partial charge in [0.2, 0.25) is 0 Å². The van der Waals surface area contributed by atoms with Gasteiger partial charge in [-0.05, 0) is 78.5 Å². The van der Waals surface area contributed by atoms with Crippen LogP contribution >= 0.6 is 11.6 Å². The van der Waals surface area contributed by atoms with Crippen LogP contribution in [0, 0.1) is 22.7 Å². The van der Waals surface area contributed by atoms with Crippen LogP contribution in [0.2, 0.25) is 5.02 Å². The molecule has 6 rings (SSSR count). The van der Waals surface area contributed by atoms with E-state index in [2.05, 4.69) is 59.0 Å². The third kappa shape index (κ3) is 3.26. The maximum atomic E-state index is 13.4. The number of benzene rings is 1. The van der Waals surface area contributed by atoms with Gasteiger partial charge in [0.15, 0.2) is 0 Å². The molecule has 0 aromatic heterocycles. The molecule has 1 N–H and O–H groups in total. The van der Waals surface area contributed by atoms with E-state index in [1.807, 2.05) is 17.2 Å². The van der Waals surface area contributed by atoms with Crippen molar-refractivity contribution in [3.63, 3.8) is 0 Å². The van der Waals surface area contributed by atoms with Gasteiger partial charge in [-0.25, -0.2) is 4.79 Å². The van der Waals surface area contributed by atoms with Crippen LogP contribution in [0.5, 0.6) is 0 Å². The molecule has 1 heterocycles. The summed E-state index contributed by atoms with van der Waals surface area (Å²) in [5.41, 5.74) is 2.35. The maximum Gasteiger partial charge on any atom is 0.322 e. The fourth-order valence-corrected chi connectivity index (χ4v) is 7.37. The molecule has 0 saturated heterocycles. The van der Waals surface area contributed by atoms with Gasteiger partial charge in [-0.1, -0.05) is 58.4 Å². The second-order valence-corrected chi connectivity index (χ2v) is 13.1. The molecule has 4 fully saturated rings. The zero-order valence-corrected chi connectivity index (χ0v) is 22.2. The number of hydrogen-bond acceptors (Lipinski definition) is 3. The van der Waals surface area contributed by atoms with Gasteiger partial charge in [0.05, 0.1) is 23.6 Å². The van der Waals surface area contributed by atoms with Crippen LogP contribution in [0.25, 0.3) is 0 Å². The molecule has 34 heavy (non-hydrogen) atoms. The lowest BCUT2D eigenvalue weighted by Gasteiger charge is -2.71. The van der Waals surface area contributed by atoms with Crippen LogP contribution in [0.4, 0.5) is 4.79 Å². The van der Waals surface area contributed by atoms with E-state index in [0.717, 1.165) is 16.2 Å². The minimum Gasteiger partial charge on any atom is -0.469 e. The first-order chi connectivity index (χ1) is 15.8. The molecule has 2 amide bonds. The van der Waals surface area contributed by atoms with Crippen molar-refractivity contribution in [1.29, 1.82) is 0 Å². The Labute approximate surface area is 208 Å². The molecule has 2 bridgehead atoms. The highest BCUT2D eigenvalue weighted by molar-refractivity contribution is 6.31.